The third-order valence-corrected chi connectivity index (χ3v) is 3.29. The second-order valence-electron chi connectivity index (χ2n) is 4.72. The Morgan fingerprint density at radius 2 is 1.76 bits per heavy atom. The van der Waals surface area contributed by atoms with E-state index >= 15 is 0 Å². The van der Waals surface area contributed by atoms with Gasteiger partial charge in [-0.05, 0) is 29.7 Å². The number of hydrogen-bond acceptors (Lipinski definition) is 3. The van der Waals surface area contributed by atoms with Crippen LogP contribution in [0.5, 0.6) is 0 Å². The third-order valence-electron chi connectivity index (χ3n) is 3.29. The van der Waals surface area contributed by atoms with Crippen LogP contribution >= 0.6 is 0 Å². The Morgan fingerprint density at radius 3 is 2.43 bits per heavy atom. The summed E-state index contributed by atoms with van der Waals surface area (Å²) in [5.74, 6) is -0.729. The third kappa shape index (κ3) is 3.55. The number of amides is 1. The number of ketones is 1. The topological polar surface area (TPSA) is 66.4 Å². The molecule has 108 valence electrons. The van der Waals surface area contributed by atoms with Crippen molar-refractivity contribution in [1.29, 1.82) is 0 Å². The van der Waals surface area contributed by atoms with Crippen LogP contribution in [0.4, 0.5) is 0 Å². The first-order chi connectivity index (χ1) is 10.1. The molecule has 21 heavy (non-hydrogen) atoms. The van der Waals surface area contributed by atoms with Gasteiger partial charge in [-0.15, -0.1) is 0 Å². The van der Waals surface area contributed by atoms with Gasteiger partial charge in [-0.2, -0.15) is 0 Å². The second-order valence-corrected chi connectivity index (χ2v) is 4.72. The summed E-state index contributed by atoms with van der Waals surface area (Å²) in [6.45, 7) is 1.15. The highest BCUT2D eigenvalue weighted by Gasteiger charge is 2.13. The number of carbonyl (C=O) groups excluding carboxylic acids is 2. The summed E-state index contributed by atoms with van der Waals surface area (Å²) in [6.07, 6.45) is 0. The highest BCUT2D eigenvalue weighted by molar-refractivity contribution is 5.99. The lowest BCUT2D eigenvalue weighted by atomic mass is 9.96. The summed E-state index contributed by atoms with van der Waals surface area (Å²) in [4.78, 5) is 23.2. The van der Waals surface area contributed by atoms with Crippen molar-refractivity contribution in [2.75, 3.05) is 13.2 Å². The molecule has 0 heterocycles. The quantitative estimate of drug-likeness (QED) is 0.881. The molecule has 2 rings (SSSR count). The van der Waals surface area contributed by atoms with Crippen molar-refractivity contribution in [2.45, 2.75) is 6.92 Å². The van der Waals surface area contributed by atoms with Crippen molar-refractivity contribution in [3.8, 4) is 11.1 Å². The summed E-state index contributed by atoms with van der Waals surface area (Å²) < 4.78 is 0. The lowest BCUT2D eigenvalue weighted by molar-refractivity contribution is -0.120. The highest BCUT2D eigenvalue weighted by atomic mass is 16.3. The van der Waals surface area contributed by atoms with E-state index in [1.807, 2.05) is 49.4 Å². The van der Waals surface area contributed by atoms with Gasteiger partial charge in [0.05, 0.1) is 6.54 Å². The van der Waals surface area contributed by atoms with Gasteiger partial charge in [-0.1, -0.05) is 42.5 Å². The molecule has 0 saturated carbocycles. The molecular weight excluding hydrogens is 266 g/mol. The lowest BCUT2D eigenvalue weighted by Crippen LogP contribution is -2.31. The Balaban J connectivity index is 2.26. The van der Waals surface area contributed by atoms with Gasteiger partial charge < -0.3 is 10.4 Å². The van der Waals surface area contributed by atoms with E-state index < -0.39 is 12.4 Å². The molecule has 1 amide bonds. The zero-order chi connectivity index (χ0) is 15.2. The molecule has 0 aliphatic carbocycles. The molecule has 2 N–H and O–H groups in total. The van der Waals surface area contributed by atoms with E-state index in [0.29, 0.717) is 5.56 Å². The number of rotatable bonds is 5. The van der Waals surface area contributed by atoms with E-state index in [1.165, 1.54) is 0 Å². The fraction of sp³-hybridized carbons (Fsp3) is 0.176. The molecule has 2 aromatic carbocycles. The first kappa shape index (κ1) is 14.9. The van der Waals surface area contributed by atoms with Crippen molar-refractivity contribution in [2.24, 2.45) is 0 Å². The average molecular weight is 283 g/mol. The Morgan fingerprint density at radius 1 is 1.05 bits per heavy atom. The van der Waals surface area contributed by atoms with E-state index in [4.69, 9.17) is 5.11 Å². The fourth-order valence-corrected chi connectivity index (χ4v) is 2.14. The number of hydrogen-bond donors (Lipinski definition) is 2. The summed E-state index contributed by atoms with van der Waals surface area (Å²) in [5, 5.41) is 11.2. The van der Waals surface area contributed by atoms with E-state index in [9.17, 15) is 9.59 Å². The van der Waals surface area contributed by atoms with Gasteiger partial charge in [-0.25, -0.2) is 0 Å². The number of aliphatic hydroxyl groups is 1. The van der Waals surface area contributed by atoms with Crippen molar-refractivity contribution >= 4 is 11.7 Å². The average Bonchev–Trinajstić information content (AvgIpc) is 2.53. The second kappa shape index (κ2) is 6.81. The Hall–Kier alpha value is -2.46. The Labute approximate surface area is 123 Å². The molecule has 0 unspecified atom stereocenters. The minimum absolute atomic E-state index is 0.162. The number of benzene rings is 2. The molecule has 0 saturated heterocycles. The van der Waals surface area contributed by atoms with Gasteiger partial charge in [-0.3, -0.25) is 9.59 Å². The summed E-state index contributed by atoms with van der Waals surface area (Å²) >= 11 is 0. The van der Waals surface area contributed by atoms with E-state index in [2.05, 4.69) is 5.32 Å². The van der Waals surface area contributed by atoms with Crippen LogP contribution in [0.1, 0.15) is 15.9 Å². The van der Waals surface area contributed by atoms with Gasteiger partial charge in [0.2, 0.25) is 0 Å². The zero-order valence-corrected chi connectivity index (χ0v) is 11.8. The predicted molar refractivity (Wildman–Crippen MR) is 81.0 cm³/mol. The Kier molecular flexibility index (Phi) is 4.85. The van der Waals surface area contributed by atoms with E-state index in [1.54, 1.807) is 6.07 Å². The maximum Gasteiger partial charge on any atom is 0.251 e. The van der Waals surface area contributed by atoms with Crippen LogP contribution in [0.2, 0.25) is 0 Å². The van der Waals surface area contributed by atoms with Crippen LogP contribution in [0.15, 0.2) is 48.5 Å². The van der Waals surface area contributed by atoms with Crippen LogP contribution in [0.25, 0.3) is 11.1 Å². The van der Waals surface area contributed by atoms with Crippen LogP contribution in [0, 0.1) is 6.92 Å². The first-order valence-corrected chi connectivity index (χ1v) is 6.69. The maximum absolute atomic E-state index is 12.1. The van der Waals surface area contributed by atoms with Crippen LogP contribution in [-0.2, 0) is 4.79 Å². The van der Waals surface area contributed by atoms with E-state index in [0.717, 1.165) is 16.7 Å². The molecule has 0 atom stereocenters. The number of aliphatic hydroxyl groups excluding tert-OH is 1. The summed E-state index contributed by atoms with van der Waals surface area (Å²) in [7, 11) is 0. The number of Topliss-reactive ketones (excluding diaryl/α,β-unsaturated/α-hetero) is 1. The van der Waals surface area contributed by atoms with Crippen LogP contribution < -0.4 is 5.32 Å². The number of carbonyl (C=O) groups is 2. The molecule has 4 heteroatoms. The summed E-state index contributed by atoms with van der Waals surface area (Å²) in [6, 6.07) is 15.3. The molecule has 0 bridgehead atoms. The van der Waals surface area contributed by atoms with Crippen molar-refractivity contribution in [1.82, 2.24) is 5.32 Å². The number of nitrogens with one attached hydrogen (secondary N) is 1. The van der Waals surface area contributed by atoms with E-state index in [-0.39, 0.29) is 12.5 Å². The molecule has 0 aliphatic rings. The first-order valence-electron chi connectivity index (χ1n) is 6.69. The maximum atomic E-state index is 12.1. The fourth-order valence-electron chi connectivity index (χ4n) is 2.14. The molecule has 0 fully saturated rings. The molecule has 0 spiro atoms. The van der Waals surface area contributed by atoms with Gasteiger partial charge >= 0.3 is 0 Å². The lowest BCUT2D eigenvalue weighted by Gasteiger charge is -2.11. The summed E-state index contributed by atoms with van der Waals surface area (Å²) in [5.41, 5.74) is 3.41. The van der Waals surface area contributed by atoms with Crippen LogP contribution in [0.3, 0.4) is 0 Å². The van der Waals surface area contributed by atoms with Crippen molar-refractivity contribution in [3.05, 3.63) is 59.7 Å². The zero-order valence-electron chi connectivity index (χ0n) is 11.8. The monoisotopic (exact) mass is 283 g/mol. The van der Waals surface area contributed by atoms with Crippen molar-refractivity contribution in [3.63, 3.8) is 0 Å². The minimum atomic E-state index is -0.566. The molecular formula is C17H17NO3. The smallest absolute Gasteiger partial charge is 0.251 e. The minimum Gasteiger partial charge on any atom is -0.389 e. The predicted octanol–water partition coefficient (Wildman–Crippen LogP) is 1.95. The van der Waals surface area contributed by atoms with Gasteiger partial charge in [0.1, 0.15) is 6.61 Å². The molecule has 0 aromatic heterocycles. The van der Waals surface area contributed by atoms with Crippen LogP contribution in [-0.4, -0.2) is 29.9 Å². The SMILES string of the molecule is Cc1c(C(=O)NCC(=O)CO)cccc1-c1ccccc1. The van der Waals surface area contributed by atoms with Crippen molar-refractivity contribution < 1.29 is 14.7 Å². The molecule has 4 nitrogen and oxygen atoms in total. The van der Waals surface area contributed by atoms with Gasteiger partial charge in [0.25, 0.3) is 5.91 Å². The largest absolute Gasteiger partial charge is 0.389 e. The highest BCUT2D eigenvalue weighted by Crippen LogP contribution is 2.25. The normalized spacial score (nSPS) is 10.2. The van der Waals surface area contributed by atoms with Gasteiger partial charge in [0.15, 0.2) is 5.78 Å². The molecule has 0 aliphatic heterocycles. The molecule has 2 aromatic rings. The Bertz CT molecular complexity index is 650. The van der Waals surface area contributed by atoms with Gasteiger partial charge in [0, 0.05) is 5.56 Å². The molecule has 0 radical (unpaired) electrons. The standard InChI is InChI=1S/C17H17NO3/c1-12-15(13-6-3-2-4-7-13)8-5-9-16(12)17(21)18-10-14(20)11-19/h2-9,19H,10-11H2,1H3,(H,18,21).